The third kappa shape index (κ3) is 1.82. The lowest BCUT2D eigenvalue weighted by molar-refractivity contribution is -0.122. The fourth-order valence-electron chi connectivity index (χ4n) is 2.40. The van der Waals surface area contributed by atoms with Crippen LogP contribution in [0.3, 0.4) is 0 Å². The van der Waals surface area contributed by atoms with Crippen LogP contribution in [0.4, 0.5) is 5.69 Å². The molecule has 102 valence electrons. The van der Waals surface area contributed by atoms with E-state index in [1.54, 1.807) is 0 Å². The van der Waals surface area contributed by atoms with Crippen LogP contribution < -0.4 is 4.90 Å². The van der Waals surface area contributed by atoms with Gasteiger partial charge in [-0.05, 0) is 36.8 Å². The highest BCUT2D eigenvalue weighted by molar-refractivity contribution is 7.80. The Bertz CT molecular complexity index is 664. The maximum Gasteiger partial charge on any atom is 0.299 e. The number of para-hydroxylation sites is 1. The number of likely N-dealkylation sites (N-methyl/N-ethyl adjacent to an activating group) is 2. The summed E-state index contributed by atoms with van der Waals surface area (Å²) >= 11 is 5.09. The van der Waals surface area contributed by atoms with Crippen LogP contribution in [-0.4, -0.2) is 29.6 Å². The maximum absolute atomic E-state index is 12.3. The number of hydrogen-bond donors (Lipinski definition) is 0. The second-order valence-corrected chi connectivity index (χ2v) is 4.93. The zero-order valence-corrected chi connectivity index (χ0v) is 12.1. The first-order valence-electron chi connectivity index (χ1n) is 6.42. The average molecular weight is 286 g/mol. The Hall–Kier alpha value is -2.14. The molecule has 2 aliphatic heterocycles. The van der Waals surface area contributed by atoms with E-state index in [-0.39, 0.29) is 11.1 Å². The quantitative estimate of drug-likeness (QED) is 0.586. The Labute approximate surface area is 122 Å². The first-order valence-corrected chi connectivity index (χ1v) is 6.83. The molecule has 4 nitrogen and oxygen atoms in total. The monoisotopic (exact) mass is 286 g/mol. The zero-order valence-electron chi connectivity index (χ0n) is 11.3. The minimum Gasteiger partial charge on any atom is -0.423 e. The van der Waals surface area contributed by atoms with Gasteiger partial charge in [-0.15, -0.1) is 0 Å². The number of amides is 1. The Balaban J connectivity index is 2.07. The van der Waals surface area contributed by atoms with Crippen LogP contribution >= 0.6 is 12.2 Å². The predicted octanol–water partition coefficient (Wildman–Crippen LogP) is 2.52. The topological polar surface area (TPSA) is 32.8 Å². The molecule has 1 amide bonds. The molecular weight excluding hydrogens is 272 g/mol. The molecule has 0 radical (unpaired) electrons. The van der Waals surface area contributed by atoms with Gasteiger partial charge >= 0.3 is 0 Å². The number of hydrogen-bond acceptors (Lipinski definition) is 4. The maximum atomic E-state index is 12.3. The van der Waals surface area contributed by atoms with E-state index < -0.39 is 0 Å². The van der Waals surface area contributed by atoms with Crippen molar-refractivity contribution in [3.05, 3.63) is 47.4 Å². The van der Waals surface area contributed by atoms with Crippen LogP contribution in [-0.2, 0) is 9.53 Å². The summed E-state index contributed by atoms with van der Waals surface area (Å²) in [5.74, 6) is 0.119. The second kappa shape index (κ2) is 4.76. The predicted molar refractivity (Wildman–Crippen MR) is 82.0 cm³/mol. The number of nitrogens with zero attached hydrogens (tertiary/aromatic N) is 2. The van der Waals surface area contributed by atoms with E-state index in [0.29, 0.717) is 12.3 Å². The molecule has 0 unspecified atom stereocenters. The van der Waals surface area contributed by atoms with Gasteiger partial charge in [0.05, 0.1) is 5.70 Å². The molecule has 1 aromatic rings. The number of rotatable bonds is 1. The smallest absolute Gasteiger partial charge is 0.299 e. The summed E-state index contributed by atoms with van der Waals surface area (Å²) in [6.45, 7) is 2.38. The van der Waals surface area contributed by atoms with E-state index in [1.165, 1.54) is 4.90 Å². The van der Waals surface area contributed by atoms with E-state index in [9.17, 15) is 4.79 Å². The highest BCUT2D eigenvalue weighted by atomic mass is 32.1. The van der Waals surface area contributed by atoms with Crippen molar-refractivity contribution in [3.63, 3.8) is 0 Å². The van der Waals surface area contributed by atoms with Gasteiger partial charge in [-0.2, -0.15) is 0 Å². The molecule has 2 heterocycles. The number of fused-ring (bicyclic) bond motifs is 1. The lowest BCUT2D eigenvalue weighted by Gasteiger charge is -2.26. The van der Waals surface area contributed by atoms with E-state index in [1.807, 2.05) is 55.3 Å². The number of thiocarbonyl (C=S) groups is 1. The molecular formula is C15H14N2O2S. The summed E-state index contributed by atoms with van der Waals surface area (Å²) in [6, 6.07) is 8.00. The summed E-state index contributed by atoms with van der Waals surface area (Å²) < 4.78 is 5.50. The molecule has 0 atom stereocenters. The highest BCUT2D eigenvalue weighted by Crippen LogP contribution is 2.32. The summed E-state index contributed by atoms with van der Waals surface area (Å²) in [5.41, 5.74) is 2.88. The number of anilines is 1. The van der Waals surface area contributed by atoms with Crippen molar-refractivity contribution >= 4 is 35.1 Å². The normalized spacial score (nSPS) is 21.3. The summed E-state index contributed by atoms with van der Waals surface area (Å²) in [7, 11) is 1.92. The Morgan fingerprint density at radius 2 is 2.00 bits per heavy atom. The molecule has 0 bridgehead atoms. The molecule has 0 spiro atoms. The summed E-state index contributed by atoms with van der Waals surface area (Å²) in [6.07, 6.45) is 3.86. The Kier molecular flexibility index (Phi) is 3.06. The van der Waals surface area contributed by atoms with Crippen molar-refractivity contribution in [1.82, 2.24) is 4.90 Å². The van der Waals surface area contributed by atoms with E-state index in [4.69, 9.17) is 17.0 Å². The van der Waals surface area contributed by atoms with Crippen molar-refractivity contribution in [1.29, 1.82) is 0 Å². The van der Waals surface area contributed by atoms with Gasteiger partial charge in [0.1, 0.15) is 0 Å². The lowest BCUT2D eigenvalue weighted by atomic mass is 10.1. The zero-order chi connectivity index (χ0) is 14.3. The van der Waals surface area contributed by atoms with E-state index >= 15 is 0 Å². The van der Waals surface area contributed by atoms with Crippen molar-refractivity contribution in [2.75, 3.05) is 18.5 Å². The first-order chi connectivity index (χ1) is 9.63. The van der Waals surface area contributed by atoms with Gasteiger partial charge in [-0.3, -0.25) is 9.69 Å². The molecule has 0 aromatic heterocycles. The largest absolute Gasteiger partial charge is 0.423 e. The minimum absolute atomic E-state index is 0.177. The highest BCUT2D eigenvalue weighted by Gasteiger charge is 2.36. The fourth-order valence-corrected chi connectivity index (χ4v) is 2.69. The molecule has 1 aromatic carbocycles. The number of ether oxygens (including phenoxy) is 1. The van der Waals surface area contributed by atoms with Gasteiger partial charge in [-0.1, -0.05) is 24.3 Å². The number of carbonyl (C=O) groups excluding carboxylic acids is 1. The molecule has 5 heteroatoms. The van der Waals surface area contributed by atoms with Gasteiger partial charge in [0.2, 0.25) is 5.76 Å². The number of allylic oxidation sites excluding steroid dienone is 1. The van der Waals surface area contributed by atoms with Crippen molar-refractivity contribution in [2.45, 2.75) is 6.92 Å². The van der Waals surface area contributed by atoms with Crippen LogP contribution in [0, 0.1) is 0 Å². The standard InChI is InChI=1S/C15H14N2O2S/c1-3-17-14(18)13(19-15(17)20)12-9-8-10-6-4-5-7-11(10)16(12)2/h4-9H,3H2,1-2H3/b13-12-. The van der Waals surface area contributed by atoms with Crippen molar-refractivity contribution < 1.29 is 9.53 Å². The van der Waals surface area contributed by atoms with E-state index in [2.05, 4.69) is 0 Å². The molecule has 0 N–H and O–H groups in total. The van der Waals surface area contributed by atoms with Crippen molar-refractivity contribution in [3.8, 4) is 0 Å². The van der Waals surface area contributed by atoms with Crippen LogP contribution in [0.5, 0.6) is 0 Å². The Morgan fingerprint density at radius 3 is 2.70 bits per heavy atom. The SMILES string of the molecule is CCN1C(=O)/C(=C2\C=Cc3ccccc3N2C)OC1=S. The Morgan fingerprint density at radius 1 is 1.25 bits per heavy atom. The molecule has 1 saturated heterocycles. The van der Waals surface area contributed by atoms with Gasteiger partial charge in [0.15, 0.2) is 0 Å². The molecule has 0 saturated carbocycles. The van der Waals surface area contributed by atoms with Crippen LogP contribution in [0.25, 0.3) is 6.08 Å². The summed E-state index contributed by atoms with van der Waals surface area (Å²) in [5, 5.41) is 0.223. The molecule has 0 aliphatic carbocycles. The second-order valence-electron chi connectivity index (χ2n) is 4.58. The molecule has 3 rings (SSSR count). The van der Waals surface area contributed by atoms with Crippen LogP contribution in [0.15, 0.2) is 41.8 Å². The molecule has 20 heavy (non-hydrogen) atoms. The fraction of sp³-hybridized carbons (Fsp3) is 0.200. The molecule has 1 fully saturated rings. The number of benzene rings is 1. The van der Waals surface area contributed by atoms with E-state index in [0.717, 1.165) is 16.9 Å². The van der Waals surface area contributed by atoms with Gasteiger partial charge in [0, 0.05) is 19.3 Å². The van der Waals surface area contributed by atoms with Gasteiger partial charge < -0.3 is 9.64 Å². The van der Waals surface area contributed by atoms with Crippen molar-refractivity contribution in [2.24, 2.45) is 0 Å². The van der Waals surface area contributed by atoms with Crippen LogP contribution in [0.2, 0.25) is 0 Å². The third-order valence-corrected chi connectivity index (χ3v) is 3.78. The lowest BCUT2D eigenvalue weighted by Crippen LogP contribution is -2.29. The summed E-state index contributed by atoms with van der Waals surface area (Å²) in [4.78, 5) is 15.7. The number of carbonyl (C=O) groups is 1. The van der Waals surface area contributed by atoms with Gasteiger partial charge in [0.25, 0.3) is 11.1 Å². The average Bonchev–Trinajstić information content (AvgIpc) is 2.74. The molecule has 2 aliphatic rings. The third-order valence-electron chi connectivity index (χ3n) is 3.48. The minimum atomic E-state index is -0.177. The van der Waals surface area contributed by atoms with Crippen LogP contribution in [0.1, 0.15) is 12.5 Å². The van der Waals surface area contributed by atoms with Gasteiger partial charge in [-0.25, -0.2) is 0 Å². The first kappa shape index (κ1) is 12.9.